The molecule has 1 unspecified atom stereocenters. The minimum absolute atomic E-state index is 0.150. The molecule has 4 rings (SSSR count). The highest BCUT2D eigenvalue weighted by Crippen LogP contribution is 2.34. The fourth-order valence-corrected chi connectivity index (χ4v) is 5.98. The fraction of sp³-hybridized carbons (Fsp3) is 0.348. The molecule has 1 saturated carbocycles. The van der Waals surface area contributed by atoms with Crippen molar-refractivity contribution >= 4 is 49.2 Å². The van der Waals surface area contributed by atoms with E-state index in [0.29, 0.717) is 4.88 Å². The molecule has 14 heteroatoms. The lowest BCUT2D eigenvalue weighted by molar-refractivity contribution is 0.00778. The van der Waals surface area contributed by atoms with Crippen molar-refractivity contribution in [2.75, 3.05) is 11.9 Å². The maximum Gasteiger partial charge on any atom is 0.333 e. The summed E-state index contributed by atoms with van der Waals surface area (Å²) in [5.41, 5.74) is 7.61. The van der Waals surface area contributed by atoms with E-state index < -0.39 is 46.6 Å². The monoisotopic (exact) mass is 611 g/mol. The number of ketones is 1. The molecule has 2 aromatic heterocycles. The van der Waals surface area contributed by atoms with E-state index in [9.17, 15) is 23.4 Å². The molecule has 0 amide bonds. The number of nitrogens with one attached hydrogen (secondary N) is 1. The van der Waals surface area contributed by atoms with Gasteiger partial charge in [-0.1, -0.05) is 28.1 Å². The lowest BCUT2D eigenvalue weighted by Crippen LogP contribution is -2.36. The molecular weight excluding hydrogens is 586 g/mol. The summed E-state index contributed by atoms with van der Waals surface area (Å²) in [6, 6.07) is 8.64. The summed E-state index contributed by atoms with van der Waals surface area (Å²) < 4.78 is 27.7. The lowest BCUT2D eigenvalue weighted by Gasteiger charge is -2.24. The molecule has 0 aliphatic heterocycles. The highest BCUT2D eigenvalue weighted by atomic mass is 79.9. The van der Waals surface area contributed by atoms with E-state index in [2.05, 4.69) is 35.4 Å². The number of aliphatic hydroxyl groups excluding tert-OH is 2. The van der Waals surface area contributed by atoms with Crippen LogP contribution in [0.15, 0.2) is 52.7 Å². The molecule has 37 heavy (non-hydrogen) atoms. The van der Waals surface area contributed by atoms with Crippen LogP contribution in [0.4, 0.5) is 5.82 Å². The second-order valence-electron chi connectivity index (χ2n) is 9.03. The van der Waals surface area contributed by atoms with E-state index in [-0.39, 0.29) is 23.6 Å². The van der Waals surface area contributed by atoms with Crippen LogP contribution in [0.5, 0.6) is 0 Å². The predicted molar refractivity (Wildman–Crippen MR) is 141 cm³/mol. The molecule has 2 heterocycles. The normalized spacial score (nSPS) is 23.5. The lowest BCUT2D eigenvalue weighted by atomic mass is 9.87. The Hall–Kier alpha value is -2.30. The van der Waals surface area contributed by atoms with Crippen LogP contribution in [0.3, 0.4) is 0 Å². The summed E-state index contributed by atoms with van der Waals surface area (Å²) in [6.07, 6.45) is 0.245. The number of nitrogens with two attached hydrogens (primary N) is 2. The van der Waals surface area contributed by atoms with Crippen LogP contribution in [-0.2, 0) is 20.0 Å². The molecule has 3 aromatic rings. The van der Waals surface area contributed by atoms with Crippen molar-refractivity contribution in [1.82, 2.24) is 9.97 Å². The van der Waals surface area contributed by atoms with E-state index in [1.807, 2.05) is 36.6 Å². The van der Waals surface area contributed by atoms with Gasteiger partial charge in [-0.2, -0.15) is 8.42 Å². The van der Waals surface area contributed by atoms with Crippen molar-refractivity contribution in [2.45, 2.75) is 37.1 Å². The van der Waals surface area contributed by atoms with E-state index in [0.717, 1.165) is 15.6 Å². The second kappa shape index (κ2) is 10.8. The Morgan fingerprint density at radius 2 is 2.05 bits per heavy atom. The number of aromatic nitrogens is 2. The first-order valence-corrected chi connectivity index (χ1v) is 14.3. The summed E-state index contributed by atoms with van der Waals surface area (Å²) >= 11 is 4.70. The van der Waals surface area contributed by atoms with Crippen molar-refractivity contribution in [2.24, 2.45) is 16.8 Å². The molecule has 0 radical (unpaired) electrons. The Morgan fingerprint density at radius 3 is 2.76 bits per heavy atom. The minimum atomic E-state index is -4.19. The van der Waals surface area contributed by atoms with Gasteiger partial charge in [0.1, 0.15) is 18.2 Å². The number of carbonyl (C=O) groups excluding carboxylic acids is 1. The average molecular weight is 613 g/mol. The van der Waals surface area contributed by atoms with E-state index in [1.54, 1.807) is 6.07 Å². The van der Waals surface area contributed by atoms with Crippen LogP contribution in [0.25, 0.3) is 0 Å². The highest BCUT2D eigenvalue weighted by Gasteiger charge is 2.42. The number of rotatable bonds is 9. The summed E-state index contributed by atoms with van der Waals surface area (Å²) in [7, 11) is -4.19. The third kappa shape index (κ3) is 6.23. The van der Waals surface area contributed by atoms with Gasteiger partial charge >= 0.3 is 10.3 Å². The number of halogens is 1. The Kier molecular flexibility index (Phi) is 8.11. The van der Waals surface area contributed by atoms with Crippen LogP contribution in [0.1, 0.15) is 39.7 Å². The predicted octanol–water partition coefficient (Wildman–Crippen LogP) is 1.50. The van der Waals surface area contributed by atoms with E-state index >= 15 is 0 Å². The van der Waals surface area contributed by atoms with Crippen molar-refractivity contribution in [3.05, 3.63) is 74.3 Å². The van der Waals surface area contributed by atoms with Gasteiger partial charge in [0, 0.05) is 16.6 Å². The van der Waals surface area contributed by atoms with E-state index in [1.165, 1.54) is 23.9 Å². The summed E-state index contributed by atoms with van der Waals surface area (Å²) in [6.45, 7) is 1.48. The molecular formula is C23H26BrN5O6S2. The van der Waals surface area contributed by atoms with Gasteiger partial charge in [0.15, 0.2) is 0 Å². The van der Waals surface area contributed by atoms with Gasteiger partial charge in [-0.25, -0.2) is 15.1 Å². The Bertz CT molecular complexity index is 1400. The SMILES string of the molecule is CC(N)(c1cccc(Br)c1)c1csc(C(=O)c2cncnc2N[C@@H]2C[C@H](COS(N)(=O)=O)[C@@H](O)[C@H]2O)c1. The van der Waals surface area contributed by atoms with E-state index in [4.69, 9.17) is 10.9 Å². The van der Waals surface area contributed by atoms with Crippen molar-refractivity contribution in [3.63, 3.8) is 0 Å². The number of nitrogens with zero attached hydrogens (tertiary/aromatic N) is 2. The molecule has 198 valence electrons. The first-order chi connectivity index (χ1) is 17.4. The number of hydrogen-bond donors (Lipinski definition) is 5. The van der Waals surface area contributed by atoms with Crippen molar-refractivity contribution < 1.29 is 27.6 Å². The molecule has 11 nitrogen and oxygen atoms in total. The first-order valence-electron chi connectivity index (χ1n) is 11.2. The van der Waals surface area contributed by atoms with Crippen LogP contribution in [0.2, 0.25) is 0 Å². The zero-order chi connectivity index (χ0) is 27.0. The first kappa shape index (κ1) is 27.7. The minimum Gasteiger partial charge on any atom is -0.390 e. The number of aliphatic hydroxyl groups is 2. The van der Waals surface area contributed by atoms with Crippen molar-refractivity contribution in [3.8, 4) is 0 Å². The van der Waals surface area contributed by atoms with Crippen LogP contribution in [0, 0.1) is 5.92 Å². The van der Waals surface area contributed by atoms with Crippen LogP contribution >= 0.6 is 27.3 Å². The standard InChI is InChI=1S/C23H26BrN5O6S2/c1-23(25,13-3-2-4-15(24)6-13)14-7-18(36-10-14)20(31)16-8-27-11-28-22(16)29-17-5-12(19(30)21(17)32)9-35-37(26,33)34/h2-4,6-8,10-12,17,19,21,30,32H,5,9,25H2,1H3,(H2,26,33,34)(H,27,28,29)/t12-,17-,19-,21+,23?/m1/s1. The largest absolute Gasteiger partial charge is 0.390 e. The van der Waals surface area contributed by atoms with Gasteiger partial charge in [0.05, 0.1) is 34.7 Å². The average Bonchev–Trinajstić information content (AvgIpc) is 3.44. The van der Waals surface area contributed by atoms with Gasteiger partial charge in [0.25, 0.3) is 0 Å². The third-order valence-corrected chi connectivity index (χ3v) is 8.26. The number of anilines is 1. The molecule has 0 bridgehead atoms. The van der Waals surface area contributed by atoms with Crippen LogP contribution < -0.4 is 16.2 Å². The van der Waals surface area contributed by atoms with Crippen molar-refractivity contribution in [1.29, 1.82) is 0 Å². The molecule has 7 N–H and O–H groups in total. The fourth-order valence-electron chi connectivity index (χ4n) is 4.24. The molecule has 1 aliphatic rings. The zero-order valence-corrected chi connectivity index (χ0v) is 22.8. The molecule has 0 saturated heterocycles. The number of hydrogen-bond acceptors (Lipinski definition) is 11. The quantitative estimate of drug-likeness (QED) is 0.221. The smallest absolute Gasteiger partial charge is 0.333 e. The van der Waals surface area contributed by atoms with Gasteiger partial charge < -0.3 is 21.3 Å². The molecule has 1 aliphatic carbocycles. The van der Waals surface area contributed by atoms with Gasteiger partial charge in [-0.15, -0.1) is 11.3 Å². The summed E-state index contributed by atoms with van der Waals surface area (Å²) in [5.74, 6) is -0.875. The topological polar surface area (TPSA) is 191 Å². The number of benzene rings is 1. The Labute approximate surface area is 226 Å². The highest BCUT2D eigenvalue weighted by molar-refractivity contribution is 9.10. The maximum absolute atomic E-state index is 13.4. The van der Waals surface area contributed by atoms with Crippen LogP contribution in [-0.4, -0.2) is 59.2 Å². The van der Waals surface area contributed by atoms with Gasteiger partial charge in [0.2, 0.25) is 5.78 Å². The summed E-state index contributed by atoms with van der Waals surface area (Å²) in [5, 5.41) is 30.5. The Morgan fingerprint density at radius 1 is 1.30 bits per heavy atom. The molecule has 0 spiro atoms. The van der Waals surface area contributed by atoms with Gasteiger partial charge in [-0.05, 0) is 48.1 Å². The molecule has 1 aromatic carbocycles. The molecule has 1 fully saturated rings. The molecule has 5 atom stereocenters. The van der Waals surface area contributed by atoms with Gasteiger partial charge in [-0.3, -0.25) is 8.98 Å². The zero-order valence-electron chi connectivity index (χ0n) is 19.6. The Balaban J connectivity index is 1.53. The maximum atomic E-state index is 13.4. The second-order valence-corrected chi connectivity index (χ2v) is 12.1. The number of thiophene rings is 1. The summed E-state index contributed by atoms with van der Waals surface area (Å²) in [4.78, 5) is 22.0. The number of carbonyl (C=O) groups is 1. The third-order valence-electron chi connectivity index (χ3n) is 6.37.